The second-order valence-electron chi connectivity index (χ2n) is 5.73. The molecule has 1 aromatic rings. The summed E-state index contributed by atoms with van der Waals surface area (Å²) in [6, 6.07) is 1.87. The lowest BCUT2D eigenvalue weighted by Gasteiger charge is -2.26. The van der Waals surface area contributed by atoms with Crippen LogP contribution in [0, 0.1) is 12.8 Å². The Kier molecular flexibility index (Phi) is 4.83. The molecule has 1 amide bonds. The van der Waals surface area contributed by atoms with Crippen LogP contribution in [0.5, 0.6) is 5.88 Å². The Morgan fingerprint density at radius 3 is 2.76 bits per heavy atom. The summed E-state index contributed by atoms with van der Waals surface area (Å²) >= 11 is 0. The van der Waals surface area contributed by atoms with E-state index < -0.39 is 5.60 Å². The maximum Gasteiger partial charge on any atom is 0.256 e. The summed E-state index contributed by atoms with van der Waals surface area (Å²) in [6.45, 7) is 6.46. The van der Waals surface area contributed by atoms with E-state index in [-0.39, 0.29) is 5.91 Å². The van der Waals surface area contributed by atoms with E-state index in [4.69, 9.17) is 9.47 Å². The minimum absolute atomic E-state index is 0.115. The van der Waals surface area contributed by atoms with Crippen LogP contribution in [0.1, 0.15) is 38.7 Å². The van der Waals surface area contributed by atoms with Gasteiger partial charge in [-0.25, -0.2) is 4.98 Å². The van der Waals surface area contributed by atoms with Crippen molar-refractivity contribution in [3.8, 4) is 5.88 Å². The molecule has 1 saturated carbocycles. The summed E-state index contributed by atoms with van der Waals surface area (Å²) in [7, 11) is 1.59. The molecule has 1 aliphatic carbocycles. The molecule has 21 heavy (non-hydrogen) atoms. The molecule has 0 saturated heterocycles. The molecule has 1 fully saturated rings. The van der Waals surface area contributed by atoms with Gasteiger partial charge in [-0.1, -0.05) is 6.92 Å². The number of carbonyl (C=O) groups is 1. The first-order valence-electron chi connectivity index (χ1n) is 7.47. The fourth-order valence-corrected chi connectivity index (χ4v) is 2.31. The Morgan fingerprint density at radius 1 is 1.52 bits per heavy atom. The Hall–Kier alpha value is -1.62. The van der Waals surface area contributed by atoms with Crippen molar-refractivity contribution in [2.75, 3.05) is 19.0 Å². The highest BCUT2D eigenvalue weighted by atomic mass is 16.5. The van der Waals surface area contributed by atoms with Crippen molar-refractivity contribution >= 4 is 11.6 Å². The lowest BCUT2D eigenvalue weighted by molar-refractivity contribution is -0.138. The maximum atomic E-state index is 12.4. The number of rotatable bonds is 7. The van der Waals surface area contributed by atoms with Gasteiger partial charge in [0.15, 0.2) is 0 Å². The third kappa shape index (κ3) is 3.53. The van der Waals surface area contributed by atoms with E-state index in [1.54, 1.807) is 13.3 Å². The molecule has 2 rings (SSSR count). The third-order valence-electron chi connectivity index (χ3n) is 3.96. The fourth-order valence-electron chi connectivity index (χ4n) is 2.31. The summed E-state index contributed by atoms with van der Waals surface area (Å²) in [5.74, 6) is 0.811. The first-order chi connectivity index (χ1) is 10.0. The van der Waals surface area contributed by atoms with Crippen LogP contribution >= 0.6 is 0 Å². The number of hydrogen-bond donors (Lipinski definition) is 1. The number of pyridine rings is 1. The Morgan fingerprint density at radius 2 is 2.24 bits per heavy atom. The highest BCUT2D eigenvalue weighted by Gasteiger charge is 2.47. The standard InChI is InChI=1S/C16H24N2O3/c1-5-8-21-14-11(2)9-13(10-17-14)18-15(19)16(3,20-4)12-6-7-12/h9-10,12H,5-8H2,1-4H3,(H,18,19). The van der Waals surface area contributed by atoms with Crippen LogP contribution in [0.15, 0.2) is 12.3 Å². The zero-order valence-corrected chi connectivity index (χ0v) is 13.2. The van der Waals surface area contributed by atoms with Crippen molar-refractivity contribution in [2.24, 2.45) is 5.92 Å². The van der Waals surface area contributed by atoms with Crippen LogP contribution in [0.25, 0.3) is 0 Å². The van der Waals surface area contributed by atoms with Gasteiger partial charge in [0.05, 0.1) is 18.5 Å². The van der Waals surface area contributed by atoms with E-state index in [1.807, 2.05) is 26.8 Å². The number of nitrogens with zero attached hydrogens (tertiary/aromatic N) is 1. The number of methoxy groups -OCH3 is 1. The molecule has 1 unspecified atom stereocenters. The summed E-state index contributed by atoms with van der Waals surface area (Å²) in [5, 5.41) is 2.90. The van der Waals surface area contributed by atoms with Crippen molar-refractivity contribution in [3.63, 3.8) is 0 Å². The molecular formula is C16H24N2O3. The molecule has 1 aliphatic rings. The summed E-state index contributed by atoms with van der Waals surface area (Å²) in [6.07, 6.45) is 4.64. The molecule has 0 aromatic carbocycles. The summed E-state index contributed by atoms with van der Waals surface area (Å²) < 4.78 is 11.0. The van der Waals surface area contributed by atoms with Crippen molar-refractivity contribution in [3.05, 3.63) is 17.8 Å². The molecular weight excluding hydrogens is 268 g/mol. The second-order valence-corrected chi connectivity index (χ2v) is 5.73. The molecule has 1 atom stereocenters. The van der Waals surface area contributed by atoms with Gasteiger partial charge in [0, 0.05) is 12.7 Å². The van der Waals surface area contributed by atoms with Gasteiger partial charge < -0.3 is 14.8 Å². The van der Waals surface area contributed by atoms with E-state index in [2.05, 4.69) is 10.3 Å². The first kappa shape index (κ1) is 15.8. The van der Waals surface area contributed by atoms with Gasteiger partial charge in [-0.3, -0.25) is 4.79 Å². The number of hydrogen-bond acceptors (Lipinski definition) is 4. The second kappa shape index (κ2) is 6.43. The zero-order valence-electron chi connectivity index (χ0n) is 13.2. The van der Waals surface area contributed by atoms with Gasteiger partial charge in [-0.2, -0.15) is 0 Å². The molecule has 5 heteroatoms. The lowest BCUT2D eigenvalue weighted by atomic mass is 9.99. The fraction of sp³-hybridized carbons (Fsp3) is 0.625. The van der Waals surface area contributed by atoms with Crippen LogP contribution in [-0.2, 0) is 9.53 Å². The zero-order chi connectivity index (χ0) is 15.5. The van der Waals surface area contributed by atoms with E-state index in [1.165, 1.54) is 0 Å². The number of carbonyl (C=O) groups excluding carboxylic acids is 1. The first-order valence-corrected chi connectivity index (χ1v) is 7.47. The lowest BCUT2D eigenvalue weighted by Crippen LogP contribution is -2.44. The SMILES string of the molecule is CCCOc1ncc(NC(=O)C(C)(OC)C2CC2)cc1C. The molecule has 1 aromatic heterocycles. The van der Waals surface area contributed by atoms with Crippen LogP contribution in [0.4, 0.5) is 5.69 Å². The molecule has 0 radical (unpaired) electrons. The molecule has 0 spiro atoms. The quantitative estimate of drug-likeness (QED) is 0.839. The smallest absolute Gasteiger partial charge is 0.256 e. The van der Waals surface area contributed by atoms with Crippen molar-refractivity contribution in [2.45, 2.75) is 45.6 Å². The highest BCUT2D eigenvalue weighted by molar-refractivity contribution is 5.97. The molecule has 116 valence electrons. The van der Waals surface area contributed by atoms with Crippen molar-refractivity contribution in [1.29, 1.82) is 0 Å². The Bertz CT molecular complexity index is 514. The summed E-state index contributed by atoms with van der Waals surface area (Å²) in [5.41, 5.74) is 0.822. The van der Waals surface area contributed by atoms with E-state index in [0.29, 0.717) is 24.1 Å². The largest absolute Gasteiger partial charge is 0.477 e. The molecule has 1 N–H and O–H groups in total. The minimum atomic E-state index is -0.759. The molecule has 0 aliphatic heterocycles. The van der Waals surface area contributed by atoms with Gasteiger partial charge >= 0.3 is 0 Å². The van der Waals surface area contributed by atoms with E-state index in [9.17, 15) is 4.79 Å². The van der Waals surface area contributed by atoms with Gasteiger partial charge in [-0.15, -0.1) is 0 Å². The van der Waals surface area contributed by atoms with Gasteiger partial charge in [0.2, 0.25) is 5.88 Å². The molecule has 0 bridgehead atoms. The average molecular weight is 292 g/mol. The van der Waals surface area contributed by atoms with Crippen LogP contribution in [-0.4, -0.2) is 30.2 Å². The Labute approximate surface area is 126 Å². The monoisotopic (exact) mass is 292 g/mol. The number of ether oxygens (including phenoxy) is 2. The number of aromatic nitrogens is 1. The Balaban J connectivity index is 2.05. The maximum absolute atomic E-state index is 12.4. The highest BCUT2D eigenvalue weighted by Crippen LogP contribution is 2.42. The van der Waals surface area contributed by atoms with Crippen molar-refractivity contribution in [1.82, 2.24) is 4.98 Å². The average Bonchev–Trinajstić information content (AvgIpc) is 3.30. The van der Waals surface area contributed by atoms with Gasteiger partial charge in [-0.05, 0) is 45.1 Å². The molecule has 5 nitrogen and oxygen atoms in total. The minimum Gasteiger partial charge on any atom is -0.477 e. The number of nitrogens with one attached hydrogen (secondary N) is 1. The number of anilines is 1. The summed E-state index contributed by atoms with van der Waals surface area (Å²) in [4.78, 5) is 16.7. The predicted octanol–water partition coefficient (Wildman–Crippen LogP) is 2.93. The van der Waals surface area contributed by atoms with Crippen molar-refractivity contribution < 1.29 is 14.3 Å². The molecule has 1 heterocycles. The van der Waals surface area contributed by atoms with Crippen LogP contribution in [0.3, 0.4) is 0 Å². The normalized spacial score (nSPS) is 17.1. The van der Waals surface area contributed by atoms with E-state index in [0.717, 1.165) is 24.8 Å². The van der Waals surface area contributed by atoms with Crippen LogP contribution in [0.2, 0.25) is 0 Å². The van der Waals surface area contributed by atoms with E-state index >= 15 is 0 Å². The third-order valence-corrected chi connectivity index (χ3v) is 3.96. The number of aryl methyl sites for hydroxylation is 1. The van der Waals surface area contributed by atoms with Crippen LogP contribution < -0.4 is 10.1 Å². The van der Waals surface area contributed by atoms with Gasteiger partial charge in [0.25, 0.3) is 5.91 Å². The topological polar surface area (TPSA) is 60.5 Å². The predicted molar refractivity (Wildman–Crippen MR) is 81.5 cm³/mol. The number of amides is 1. The van der Waals surface area contributed by atoms with Gasteiger partial charge in [0.1, 0.15) is 5.60 Å².